The fraction of sp³-hybridized carbons (Fsp3) is 0.500. The maximum atomic E-state index is 13.2. The summed E-state index contributed by atoms with van der Waals surface area (Å²) in [6.45, 7) is 9.59. The molecule has 2 rings (SSSR count). The number of carbonyl (C=O) groups excluding carboxylic acids is 2. The van der Waals surface area contributed by atoms with Gasteiger partial charge in [0.2, 0.25) is 19.2 Å². The molecule has 192 valence electrons. The standard InChI is InChI=1S/C28H41N2O4P/c1-20(2)16-24(26(31)30-25(27(32)29-6)28(3,4)5)19-35(33,34)18-23-14-12-22(13-15-23)17-21-10-8-7-9-11-21/h7-15,20,24-25H,16-19H2,1-6H3,(H,29,32)(H,30,31)(H,33,34)/t24-,25-/m1/s1. The lowest BCUT2D eigenvalue weighted by molar-refractivity contribution is -0.133. The van der Waals surface area contributed by atoms with Gasteiger partial charge in [-0.15, -0.1) is 0 Å². The second-order valence-corrected chi connectivity index (χ2v) is 13.3. The van der Waals surface area contributed by atoms with Gasteiger partial charge in [-0.05, 0) is 40.9 Å². The Kier molecular flexibility index (Phi) is 10.3. The maximum absolute atomic E-state index is 13.2. The molecule has 7 heteroatoms. The van der Waals surface area contributed by atoms with Crippen molar-refractivity contribution in [3.8, 4) is 0 Å². The van der Waals surface area contributed by atoms with Crippen molar-refractivity contribution in [2.24, 2.45) is 17.3 Å². The largest absolute Gasteiger partial charge is 0.357 e. The molecule has 6 nitrogen and oxygen atoms in total. The molecule has 0 aliphatic rings. The normalized spacial score (nSPS) is 15.2. The van der Waals surface area contributed by atoms with Crippen molar-refractivity contribution >= 4 is 19.2 Å². The zero-order chi connectivity index (χ0) is 26.2. The molecule has 1 unspecified atom stereocenters. The first-order valence-electron chi connectivity index (χ1n) is 12.3. The minimum Gasteiger partial charge on any atom is -0.357 e. The molecule has 2 aromatic carbocycles. The molecular weight excluding hydrogens is 459 g/mol. The lowest BCUT2D eigenvalue weighted by Gasteiger charge is -2.32. The third kappa shape index (κ3) is 9.62. The van der Waals surface area contributed by atoms with Crippen molar-refractivity contribution in [1.29, 1.82) is 0 Å². The molecule has 35 heavy (non-hydrogen) atoms. The lowest BCUT2D eigenvalue weighted by atomic mass is 9.85. The van der Waals surface area contributed by atoms with Crippen LogP contribution in [0.1, 0.15) is 57.7 Å². The van der Waals surface area contributed by atoms with Gasteiger partial charge in [-0.25, -0.2) is 0 Å². The molecule has 0 radical (unpaired) electrons. The fourth-order valence-electron chi connectivity index (χ4n) is 4.20. The summed E-state index contributed by atoms with van der Waals surface area (Å²) >= 11 is 0. The number of benzene rings is 2. The first kappa shape index (κ1) is 28.8. The molecule has 0 aliphatic heterocycles. The Balaban J connectivity index is 2.10. The van der Waals surface area contributed by atoms with E-state index in [1.54, 1.807) is 0 Å². The third-order valence-electron chi connectivity index (χ3n) is 6.00. The van der Waals surface area contributed by atoms with E-state index in [-0.39, 0.29) is 30.1 Å². The van der Waals surface area contributed by atoms with Crippen molar-refractivity contribution in [3.63, 3.8) is 0 Å². The highest BCUT2D eigenvalue weighted by Gasteiger charge is 2.36. The fourth-order valence-corrected chi connectivity index (χ4v) is 6.12. The Morgan fingerprint density at radius 3 is 1.97 bits per heavy atom. The van der Waals surface area contributed by atoms with Crippen LogP contribution >= 0.6 is 7.37 Å². The van der Waals surface area contributed by atoms with E-state index in [4.69, 9.17) is 0 Å². The van der Waals surface area contributed by atoms with Gasteiger partial charge in [-0.3, -0.25) is 14.2 Å². The average Bonchev–Trinajstić information content (AvgIpc) is 2.77. The Labute approximate surface area is 210 Å². The molecule has 3 N–H and O–H groups in total. The molecule has 0 bridgehead atoms. The first-order valence-corrected chi connectivity index (χ1v) is 14.3. The molecule has 0 saturated carbocycles. The summed E-state index contributed by atoms with van der Waals surface area (Å²) < 4.78 is 13.2. The minimum atomic E-state index is -3.64. The number of likely N-dealkylation sites (N-methyl/N-ethyl adjacent to an activating group) is 1. The predicted molar refractivity (Wildman–Crippen MR) is 142 cm³/mol. The van der Waals surface area contributed by atoms with Gasteiger partial charge in [0.25, 0.3) is 0 Å². The second kappa shape index (κ2) is 12.5. The second-order valence-electron chi connectivity index (χ2n) is 10.9. The van der Waals surface area contributed by atoms with Crippen LogP contribution in [0.2, 0.25) is 0 Å². The van der Waals surface area contributed by atoms with Crippen LogP contribution < -0.4 is 10.6 Å². The predicted octanol–water partition coefficient (Wildman–Crippen LogP) is 4.99. The molecule has 2 aromatic rings. The zero-order valence-electron chi connectivity index (χ0n) is 21.9. The van der Waals surface area contributed by atoms with Crippen LogP contribution in [0, 0.1) is 17.3 Å². The molecule has 0 saturated heterocycles. The Morgan fingerprint density at radius 2 is 1.46 bits per heavy atom. The van der Waals surface area contributed by atoms with Crippen LogP contribution in [0.25, 0.3) is 0 Å². The molecule has 0 aromatic heterocycles. The maximum Gasteiger partial charge on any atom is 0.242 e. The van der Waals surface area contributed by atoms with Crippen LogP contribution in [-0.4, -0.2) is 36.0 Å². The molecule has 0 heterocycles. The van der Waals surface area contributed by atoms with Gasteiger partial charge >= 0.3 is 0 Å². The van der Waals surface area contributed by atoms with E-state index in [9.17, 15) is 19.0 Å². The van der Waals surface area contributed by atoms with Gasteiger partial charge in [0.1, 0.15) is 6.04 Å². The Bertz CT molecular complexity index is 1010. The summed E-state index contributed by atoms with van der Waals surface area (Å²) in [4.78, 5) is 36.4. The van der Waals surface area contributed by atoms with Gasteiger partial charge < -0.3 is 15.5 Å². The highest BCUT2D eigenvalue weighted by Crippen LogP contribution is 2.47. The summed E-state index contributed by atoms with van der Waals surface area (Å²) in [5, 5.41) is 5.45. The quantitative estimate of drug-likeness (QED) is 0.379. The van der Waals surface area contributed by atoms with E-state index in [1.165, 1.54) is 12.6 Å². The topological polar surface area (TPSA) is 95.5 Å². The van der Waals surface area contributed by atoms with E-state index in [1.807, 2.05) is 77.1 Å². The van der Waals surface area contributed by atoms with E-state index in [0.29, 0.717) is 6.42 Å². The van der Waals surface area contributed by atoms with Crippen LogP contribution in [0.15, 0.2) is 54.6 Å². The first-order chi connectivity index (χ1) is 16.3. The van der Waals surface area contributed by atoms with E-state index in [2.05, 4.69) is 22.8 Å². The summed E-state index contributed by atoms with van der Waals surface area (Å²) in [6, 6.07) is 17.2. The van der Waals surface area contributed by atoms with Crippen molar-refractivity contribution in [2.45, 2.75) is 59.7 Å². The van der Waals surface area contributed by atoms with Crippen LogP contribution in [0.5, 0.6) is 0 Å². The number of hydrogen-bond acceptors (Lipinski definition) is 3. The average molecular weight is 501 g/mol. The zero-order valence-corrected chi connectivity index (χ0v) is 22.8. The van der Waals surface area contributed by atoms with Gasteiger partial charge in [-0.1, -0.05) is 89.2 Å². The minimum absolute atomic E-state index is 0.0125. The number of carbonyl (C=O) groups is 2. The van der Waals surface area contributed by atoms with Crippen LogP contribution in [0.4, 0.5) is 0 Å². The smallest absolute Gasteiger partial charge is 0.242 e. The van der Waals surface area contributed by atoms with Gasteiger partial charge in [0.05, 0.1) is 0 Å². The summed E-state index contributed by atoms with van der Waals surface area (Å²) in [5.41, 5.74) is 2.62. The number of rotatable bonds is 11. The van der Waals surface area contributed by atoms with Crippen molar-refractivity contribution < 1.29 is 19.0 Å². The summed E-state index contributed by atoms with van der Waals surface area (Å²) in [5.74, 6) is -1.12. The summed E-state index contributed by atoms with van der Waals surface area (Å²) in [6.07, 6.45) is 1.16. The number of amides is 2. The highest BCUT2D eigenvalue weighted by atomic mass is 31.2. The molecule has 0 aliphatic carbocycles. The molecule has 0 fully saturated rings. The van der Waals surface area contributed by atoms with Crippen molar-refractivity contribution in [3.05, 3.63) is 71.3 Å². The van der Waals surface area contributed by atoms with Crippen LogP contribution in [-0.2, 0) is 26.7 Å². The van der Waals surface area contributed by atoms with Crippen LogP contribution in [0.3, 0.4) is 0 Å². The van der Waals surface area contributed by atoms with Gasteiger partial charge in [0, 0.05) is 25.3 Å². The Morgan fingerprint density at radius 1 is 0.914 bits per heavy atom. The molecule has 3 atom stereocenters. The number of nitrogens with one attached hydrogen (secondary N) is 2. The van der Waals surface area contributed by atoms with Crippen molar-refractivity contribution in [1.82, 2.24) is 10.6 Å². The third-order valence-corrected chi connectivity index (χ3v) is 7.87. The van der Waals surface area contributed by atoms with Crippen molar-refractivity contribution in [2.75, 3.05) is 13.2 Å². The van der Waals surface area contributed by atoms with Gasteiger partial charge in [0.15, 0.2) is 0 Å². The molecular formula is C28H41N2O4P. The van der Waals surface area contributed by atoms with Gasteiger partial charge in [-0.2, -0.15) is 0 Å². The summed E-state index contributed by atoms with van der Waals surface area (Å²) in [7, 11) is -2.10. The molecule has 2 amide bonds. The monoisotopic (exact) mass is 500 g/mol. The molecule has 0 spiro atoms. The highest BCUT2D eigenvalue weighted by molar-refractivity contribution is 7.57. The van der Waals surface area contributed by atoms with E-state index in [0.717, 1.165) is 17.5 Å². The van der Waals surface area contributed by atoms with E-state index < -0.39 is 24.7 Å². The SMILES string of the molecule is CNC(=O)[C@@H](NC(=O)[C@H](CC(C)C)CP(=O)(O)Cc1ccc(Cc2ccccc2)cc1)C(C)(C)C. The Hall–Kier alpha value is -2.43. The van der Waals surface area contributed by atoms with E-state index >= 15 is 0 Å². The number of hydrogen-bond donors (Lipinski definition) is 3. The lowest BCUT2D eigenvalue weighted by Crippen LogP contribution is -2.54.